The van der Waals surface area contributed by atoms with E-state index >= 15 is 0 Å². The van der Waals surface area contributed by atoms with E-state index in [9.17, 15) is 0 Å². The molecule has 0 radical (unpaired) electrons. The zero-order valence-electron chi connectivity index (χ0n) is 9.50. The van der Waals surface area contributed by atoms with Crippen LogP contribution in [-0.2, 0) is 11.3 Å². The van der Waals surface area contributed by atoms with Crippen molar-refractivity contribution in [3.8, 4) is 0 Å². The van der Waals surface area contributed by atoms with Gasteiger partial charge in [0.15, 0.2) is 0 Å². The molecule has 0 saturated carbocycles. The molecule has 2 N–H and O–H groups in total. The molecule has 16 heavy (non-hydrogen) atoms. The Balaban J connectivity index is 2.13. The van der Waals surface area contributed by atoms with Crippen molar-refractivity contribution < 1.29 is 4.74 Å². The number of rotatable bonds is 2. The Morgan fingerprint density at radius 3 is 2.75 bits per heavy atom. The number of aryl methyl sites for hydroxylation is 1. The topological polar surface area (TPSA) is 38.5 Å². The van der Waals surface area contributed by atoms with Crippen molar-refractivity contribution in [2.45, 2.75) is 13.5 Å². The minimum Gasteiger partial charge on any atom is -0.398 e. The third-order valence-corrected chi connectivity index (χ3v) is 3.15. The first kappa shape index (κ1) is 11.7. The van der Waals surface area contributed by atoms with E-state index in [1.54, 1.807) is 0 Å². The maximum absolute atomic E-state index is 6.05. The highest BCUT2D eigenvalue weighted by molar-refractivity contribution is 6.30. The van der Waals surface area contributed by atoms with Crippen LogP contribution < -0.4 is 5.73 Å². The molecule has 1 aromatic rings. The van der Waals surface area contributed by atoms with E-state index < -0.39 is 0 Å². The van der Waals surface area contributed by atoms with Crippen LogP contribution in [0.4, 0.5) is 5.69 Å². The Morgan fingerprint density at radius 1 is 1.38 bits per heavy atom. The van der Waals surface area contributed by atoms with Gasteiger partial charge in [0.25, 0.3) is 0 Å². The first-order valence-corrected chi connectivity index (χ1v) is 5.89. The van der Waals surface area contributed by atoms with Gasteiger partial charge in [-0.25, -0.2) is 0 Å². The molecular formula is C12H17ClN2O. The molecule has 3 nitrogen and oxygen atoms in total. The Kier molecular flexibility index (Phi) is 3.69. The molecule has 1 aliphatic rings. The normalized spacial score (nSPS) is 17.6. The lowest BCUT2D eigenvalue weighted by Crippen LogP contribution is -2.35. The monoisotopic (exact) mass is 240 g/mol. The van der Waals surface area contributed by atoms with Crippen molar-refractivity contribution in [2.75, 3.05) is 32.0 Å². The molecule has 0 aliphatic carbocycles. The molecule has 1 heterocycles. The first-order valence-electron chi connectivity index (χ1n) is 5.51. The average molecular weight is 241 g/mol. The van der Waals surface area contributed by atoms with Crippen molar-refractivity contribution in [3.63, 3.8) is 0 Å². The van der Waals surface area contributed by atoms with E-state index in [1.807, 2.05) is 19.1 Å². The highest BCUT2D eigenvalue weighted by Gasteiger charge is 2.13. The van der Waals surface area contributed by atoms with Crippen LogP contribution in [0.3, 0.4) is 0 Å². The van der Waals surface area contributed by atoms with Crippen LogP contribution in [0.2, 0.25) is 5.02 Å². The summed E-state index contributed by atoms with van der Waals surface area (Å²) in [4.78, 5) is 2.34. The van der Waals surface area contributed by atoms with Crippen LogP contribution in [0, 0.1) is 6.92 Å². The molecule has 1 aromatic carbocycles. The smallest absolute Gasteiger partial charge is 0.0594 e. The fraction of sp³-hybridized carbons (Fsp3) is 0.500. The largest absolute Gasteiger partial charge is 0.398 e. The quantitative estimate of drug-likeness (QED) is 0.805. The molecular weight excluding hydrogens is 224 g/mol. The number of ether oxygens (including phenoxy) is 1. The minimum atomic E-state index is 0.759. The lowest BCUT2D eigenvalue weighted by Gasteiger charge is -2.27. The SMILES string of the molecule is Cc1cc(Cl)cc(CN2CCOCC2)c1N. The van der Waals surface area contributed by atoms with Crippen LogP contribution in [0.5, 0.6) is 0 Å². The van der Waals surface area contributed by atoms with Crippen molar-refractivity contribution in [1.29, 1.82) is 0 Å². The van der Waals surface area contributed by atoms with E-state index in [1.165, 1.54) is 0 Å². The molecule has 2 rings (SSSR count). The zero-order valence-corrected chi connectivity index (χ0v) is 10.3. The molecule has 0 unspecified atom stereocenters. The van der Waals surface area contributed by atoms with Gasteiger partial charge in [0, 0.05) is 30.3 Å². The van der Waals surface area contributed by atoms with Crippen LogP contribution in [0.15, 0.2) is 12.1 Å². The predicted molar refractivity (Wildman–Crippen MR) is 66.7 cm³/mol. The zero-order chi connectivity index (χ0) is 11.5. The highest BCUT2D eigenvalue weighted by Crippen LogP contribution is 2.24. The lowest BCUT2D eigenvalue weighted by molar-refractivity contribution is 0.0343. The van der Waals surface area contributed by atoms with Gasteiger partial charge < -0.3 is 10.5 Å². The summed E-state index contributed by atoms with van der Waals surface area (Å²) in [6.45, 7) is 6.38. The molecule has 1 fully saturated rings. The third kappa shape index (κ3) is 2.67. The fourth-order valence-electron chi connectivity index (χ4n) is 1.95. The summed E-state index contributed by atoms with van der Waals surface area (Å²) in [6, 6.07) is 3.86. The molecule has 0 aromatic heterocycles. The Bertz CT molecular complexity index is 376. The standard InChI is InChI=1S/C12H17ClN2O/c1-9-6-11(13)7-10(12(9)14)8-15-2-4-16-5-3-15/h6-7H,2-5,8,14H2,1H3. The van der Waals surface area contributed by atoms with Gasteiger partial charge in [-0.1, -0.05) is 11.6 Å². The van der Waals surface area contributed by atoms with Crippen molar-refractivity contribution in [2.24, 2.45) is 0 Å². The summed E-state index contributed by atoms with van der Waals surface area (Å²) in [5.74, 6) is 0. The lowest BCUT2D eigenvalue weighted by atomic mass is 10.1. The molecule has 88 valence electrons. The minimum absolute atomic E-state index is 0.759. The van der Waals surface area contributed by atoms with Gasteiger partial charge in [-0.15, -0.1) is 0 Å². The summed E-state index contributed by atoms with van der Waals surface area (Å²) >= 11 is 6.04. The molecule has 0 amide bonds. The number of nitrogens with zero attached hydrogens (tertiary/aromatic N) is 1. The fourth-order valence-corrected chi connectivity index (χ4v) is 2.25. The molecule has 4 heteroatoms. The highest BCUT2D eigenvalue weighted by atomic mass is 35.5. The van der Waals surface area contributed by atoms with Crippen LogP contribution in [0.1, 0.15) is 11.1 Å². The van der Waals surface area contributed by atoms with E-state index in [2.05, 4.69) is 4.90 Å². The number of nitrogen functional groups attached to an aromatic ring is 1. The number of morpholine rings is 1. The summed E-state index contributed by atoms with van der Waals surface area (Å²) in [6.07, 6.45) is 0. The molecule has 0 atom stereocenters. The van der Waals surface area contributed by atoms with Crippen molar-refractivity contribution in [1.82, 2.24) is 4.90 Å². The Morgan fingerprint density at radius 2 is 2.06 bits per heavy atom. The number of benzene rings is 1. The van der Waals surface area contributed by atoms with Crippen molar-refractivity contribution in [3.05, 3.63) is 28.3 Å². The van der Waals surface area contributed by atoms with Crippen LogP contribution in [0.25, 0.3) is 0 Å². The average Bonchev–Trinajstić information content (AvgIpc) is 2.27. The number of nitrogens with two attached hydrogens (primary N) is 1. The van der Waals surface area contributed by atoms with Gasteiger partial charge in [0.2, 0.25) is 0 Å². The van der Waals surface area contributed by atoms with Crippen molar-refractivity contribution >= 4 is 17.3 Å². The molecule has 1 saturated heterocycles. The van der Waals surface area contributed by atoms with E-state index in [0.717, 1.165) is 54.7 Å². The number of anilines is 1. The van der Waals surface area contributed by atoms with Gasteiger partial charge in [-0.3, -0.25) is 4.90 Å². The molecule has 0 spiro atoms. The summed E-state index contributed by atoms with van der Waals surface area (Å²) in [7, 11) is 0. The second-order valence-corrected chi connectivity index (χ2v) is 4.62. The Labute approximate surface area is 101 Å². The molecule has 0 bridgehead atoms. The van der Waals surface area contributed by atoms with Gasteiger partial charge >= 0.3 is 0 Å². The summed E-state index contributed by atoms with van der Waals surface area (Å²) in [5.41, 5.74) is 9.08. The Hall–Kier alpha value is -0.770. The van der Waals surface area contributed by atoms with E-state index in [-0.39, 0.29) is 0 Å². The van der Waals surface area contributed by atoms with Crippen LogP contribution in [-0.4, -0.2) is 31.2 Å². The van der Waals surface area contributed by atoms with Gasteiger partial charge in [0.1, 0.15) is 0 Å². The number of hydrogen-bond donors (Lipinski definition) is 1. The maximum atomic E-state index is 6.05. The van der Waals surface area contributed by atoms with Crippen LogP contribution >= 0.6 is 11.6 Å². The second-order valence-electron chi connectivity index (χ2n) is 4.18. The summed E-state index contributed by atoms with van der Waals surface area (Å²) in [5, 5.41) is 0.759. The van der Waals surface area contributed by atoms with Gasteiger partial charge in [0.05, 0.1) is 13.2 Å². The maximum Gasteiger partial charge on any atom is 0.0594 e. The number of hydrogen-bond acceptors (Lipinski definition) is 3. The van der Waals surface area contributed by atoms with Gasteiger partial charge in [-0.2, -0.15) is 0 Å². The van der Waals surface area contributed by atoms with Gasteiger partial charge in [-0.05, 0) is 30.2 Å². The molecule has 1 aliphatic heterocycles. The third-order valence-electron chi connectivity index (χ3n) is 2.93. The predicted octanol–water partition coefficient (Wildman–Crippen LogP) is 2.06. The second kappa shape index (κ2) is 5.04. The first-order chi connectivity index (χ1) is 7.66. The van der Waals surface area contributed by atoms with E-state index in [0.29, 0.717) is 0 Å². The van der Waals surface area contributed by atoms with E-state index in [4.69, 9.17) is 22.1 Å². The summed E-state index contributed by atoms with van der Waals surface area (Å²) < 4.78 is 5.32. The number of halogens is 1.